The van der Waals surface area contributed by atoms with Crippen molar-refractivity contribution in [3.63, 3.8) is 0 Å². The molecule has 2 N–H and O–H groups in total. The van der Waals surface area contributed by atoms with Crippen LogP contribution in [0.4, 0.5) is 0 Å². The van der Waals surface area contributed by atoms with E-state index in [0.29, 0.717) is 0 Å². The average Bonchev–Trinajstić information content (AvgIpc) is 2.79. The highest BCUT2D eigenvalue weighted by Gasteiger charge is 2.18. The number of rotatable bonds is 2. The van der Waals surface area contributed by atoms with Crippen molar-refractivity contribution in [2.75, 3.05) is 0 Å². The molecule has 0 radical (unpaired) electrons. The average molecular weight is 265 g/mol. The van der Waals surface area contributed by atoms with Gasteiger partial charge in [-0.05, 0) is 43.5 Å². The van der Waals surface area contributed by atoms with Gasteiger partial charge in [0.15, 0.2) is 0 Å². The van der Waals surface area contributed by atoms with Crippen molar-refractivity contribution in [1.82, 2.24) is 0 Å². The molecule has 1 atom stereocenters. The van der Waals surface area contributed by atoms with Gasteiger partial charge in [0.05, 0.1) is 6.04 Å². The van der Waals surface area contributed by atoms with E-state index in [2.05, 4.69) is 45.0 Å². The molecule has 0 spiro atoms. The lowest BCUT2D eigenvalue weighted by atomic mass is 9.98. The van der Waals surface area contributed by atoms with E-state index in [-0.39, 0.29) is 6.04 Å². The molecule has 2 aromatic carbocycles. The molecule has 3 rings (SSSR count). The second kappa shape index (κ2) is 4.80. The van der Waals surface area contributed by atoms with Crippen LogP contribution < -0.4 is 5.73 Å². The number of hydrogen-bond acceptors (Lipinski definition) is 2. The smallest absolute Gasteiger partial charge is 0.134 e. The van der Waals surface area contributed by atoms with E-state index in [1.165, 1.54) is 11.1 Å². The van der Waals surface area contributed by atoms with Crippen molar-refractivity contribution < 1.29 is 4.42 Å². The predicted molar refractivity (Wildman–Crippen MR) is 82.9 cm³/mol. The molecule has 0 amide bonds. The van der Waals surface area contributed by atoms with Crippen molar-refractivity contribution in [2.45, 2.75) is 26.8 Å². The Labute approximate surface area is 119 Å². The molecule has 0 aliphatic heterocycles. The number of benzene rings is 2. The molecule has 2 nitrogen and oxygen atoms in total. The summed E-state index contributed by atoms with van der Waals surface area (Å²) in [5, 5.41) is 1.14. The zero-order chi connectivity index (χ0) is 14.3. The minimum Gasteiger partial charge on any atom is -0.459 e. The largest absolute Gasteiger partial charge is 0.459 e. The van der Waals surface area contributed by atoms with E-state index in [1.54, 1.807) is 0 Å². The molecule has 20 heavy (non-hydrogen) atoms. The van der Waals surface area contributed by atoms with Crippen LogP contribution in [0.5, 0.6) is 0 Å². The molecule has 1 aromatic heterocycles. The van der Waals surface area contributed by atoms with E-state index in [0.717, 1.165) is 27.9 Å². The van der Waals surface area contributed by atoms with Crippen LogP contribution in [0.15, 0.2) is 46.9 Å². The zero-order valence-corrected chi connectivity index (χ0v) is 12.1. The minimum atomic E-state index is -0.221. The Hall–Kier alpha value is -2.06. The maximum absolute atomic E-state index is 6.41. The maximum Gasteiger partial charge on any atom is 0.134 e. The first kappa shape index (κ1) is 12.9. The van der Waals surface area contributed by atoms with E-state index in [9.17, 15) is 0 Å². The number of aryl methyl sites for hydroxylation is 3. The van der Waals surface area contributed by atoms with E-state index >= 15 is 0 Å². The highest BCUT2D eigenvalue weighted by atomic mass is 16.3. The molecule has 0 bridgehead atoms. The van der Waals surface area contributed by atoms with Crippen LogP contribution in [-0.2, 0) is 0 Å². The highest BCUT2D eigenvalue weighted by molar-refractivity contribution is 5.82. The summed E-state index contributed by atoms with van der Waals surface area (Å²) in [7, 11) is 0. The van der Waals surface area contributed by atoms with Gasteiger partial charge >= 0.3 is 0 Å². The summed E-state index contributed by atoms with van der Waals surface area (Å²) in [5.74, 6) is 0.856. The molecule has 1 unspecified atom stereocenters. The Morgan fingerprint density at radius 3 is 2.40 bits per heavy atom. The molecule has 102 valence electrons. The van der Waals surface area contributed by atoms with Crippen LogP contribution >= 0.6 is 0 Å². The number of nitrogens with two attached hydrogens (primary N) is 1. The lowest BCUT2D eigenvalue weighted by molar-refractivity contribution is 0.521. The normalized spacial score (nSPS) is 12.8. The first-order chi connectivity index (χ1) is 9.58. The molecule has 2 heteroatoms. The predicted octanol–water partition coefficient (Wildman–Crippen LogP) is 4.41. The van der Waals surface area contributed by atoms with Crippen LogP contribution in [0, 0.1) is 20.8 Å². The summed E-state index contributed by atoms with van der Waals surface area (Å²) >= 11 is 0. The lowest BCUT2D eigenvalue weighted by Crippen LogP contribution is -2.12. The van der Waals surface area contributed by atoms with E-state index in [1.807, 2.05) is 18.2 Å². The van der Waals surface area contributed by atoms with Gasteiger partial charge in [0.25, 0.3) is 0 Å². The van der Waals surface area contributed by atoms with Gasteiger partial charge in [-0.2, -0.15) is 0 Å². The topological polar surface area (TPSA) is 39.2 Å². The second-order valence-corrected chi connectivity index (χ2v) is 5.41. The quantitative estimate of drug-likeness (QED) is 0.745. The molecular formula is C18H19NO. The number of hydrogen-bond donors (Lipinski definition) is 1. The van der Waals surface area contributed by atoms with Crippen molar-refractivity contribution in [3.05, 3.63) is 70.5 Å². The number of para-hydroxylation sites is 1. The SMILES string of the molecule is Cc1ccc(C(N)c2oc3ccccc3c2C)cc1C. The molecule has 0 saturated heterocycles. The Kier molecular flexibility index (Phi) is 3.11. The third kappa shape index (κ3) is 2.02. The van der Waals surface area contributed by atoms with Crippen molar-refractivity contribution in [2.24, 2.45) is 5.73 Å². The Morgan fingerprint density at radius 1 is 0.950 bits per heavy atom. The summed E-state index contributed by atoms with van der Waals surface area (Å²) in [6, 6.07) is 14.2. The lowest BCUT2D eigenvalue weighted by Gasteiger charge is -2.12. The van der Waals surface area contributed by atoms with Gasteiger partial charge in [0.1, 0.15) is 11.3 Å². The molecule has 3 aromatic rings. The van der Waals surface area contributed by atoms with Crippen molar-refractivity contribution >= 4 is 11.0 Å². The summed E-state index contributed by atoms with van der Waals surface area (Å²) < 4.78 is 5.96. The van der Waals surface area contributed by atoms with E-state index in [4.69, 9.17) is 10.2 Å². The van der Waals surface area contributed by atoms with Crippen LogP contribution in [0.3, 0.4) is 0 Å². The van der Waals surface area contributed by atoms with Crippen molar-refractivity contribution in [1.29, 1.82) is 0 Å². The van der Waals surface area contributed by atoms with Gasteiger partial charge < -0.3 is 10.2 Å². The van der Waals surface area contributed by atoms with Crippen LogP contribution in [-0.4, -0.2) is 0 Å². The summed E-state index contributed by atoms with van der Waals surface area (Å²) in [6.45, 7) is 6.29. The third-order valence-electron chi connectivity index (χ3n) is 4.05. The van der Waals surface area contributed by atoms with E-state index < -0.39 is 0 Å². The maximum atomic E-state index is 6.41. The Morgan fingerprint density at radius 2 is 1.70 bits per heavy atom. The Bertz CT molecular complexity index is 770. The first-order valence-corrected chi connectivity index (χ1v) is 6.88. The van der Waals surface area contributed by atoms with Gasteiger partial charge in [0.2, 0.25) is 0 Å². The molecule has 0 fully saturated rings. The molecule has 0 aliphatic carbocycles. The molecule has 1 heterocycles. The fraction of sp³-hybridized carbons (Fsp3) is 0.222. The van der Waals surface area contributed by atoms with Gasteiger partial charge in [-0.25, -0.2) is 0 Å². The molecular weight excluding hydrogens is 246 g/mol. The first-order valence-electron chi connectivity index (χ1n) is 6.88. The second-order valence-electron chi connectivity index (χ2n) is 5.41. The summed E-state index contributed by atoms with van der Waals surface area (Å²) in [4.78, 5) is 0. The highest BCUT2D eigenvalue weighted by Crippen LogP contribution is 2.31. The van der Waals surface area contributed by atoms with Gasteiger partial charge in [-0.3, -0.25) is 0 Å². The van der Waals surface area contributed by atoms with Gasteiger partial charge in [-0.15, -0.1) is 0 Å². The number of fused-ring (bicyclic) bond motifs is 1. The minimum absolute atomic E-state index is 0.221. The monoisotopic (exact) mass is 265 g/mol. The standard InChI is InChI=1S/C18H19NO/c1-11-8-9-14(10-12(11)2)17(19)18-13(3)15-6-4-5-7-16(15)20-18/h4-10,17H,19H2,1-3H3. The fourth-order valence-corrected chi connectivity index (χ4v) is 2.60. The zero-order valence-electron chi connectivity index (χ0n) is 12.1. The Balaban J connectivity index is 2.09. The van der Waals surface area contributed by atoms with Crippen LogP contribution in [0.2, 0.25) is 0 Å². The summed E-state index contributed by atoms with van der Waals surface area (Å²) in [6.07, 6.45) is 0. The molecule has 0 aliphatic rings. The van der Waals surface area contributed by atoms with Gasteiger partial charge in [-0.1, -0.05) is 36.4 Å². The van der Waals surface area contributed by atoms with Crippen LogP contribution in [0.25, 0.3) is 11.0 Å². The number of furan rings is 1. The summed E-state index contributed by atoms with van der Waals surface area (Å²) in [5.41, 5.74) is 12.1. The van der Waals surface area contributed by atoms with Gasteiger partial charge in [0, 0.05) is 10.9 Å². The fourth-order valence-electron chi connectivity index (χ4n) is 2.60. The van der Waals surface area contributed by atoms with Crippen LogP contribution in [0.1, 0.15) is 34.1 Å². The third-order valence-corrected chi connectivity index (χ3v) is 4.05. The molecule has 0 saturated carbocycles. The van der Waals surface area contributed by atoms with Crippen molar-refractivity contribution in [3.8, 4) is 0 Å².